The minimum absolute atomic E-state index is 0.0282. The monoisotopic (exact) mass is 404 g/mol. The molecule has 122 valence electrons. The number of rotatable bonds is 4. The molecule has 7 heteroatoms. The van der Waals surface area contributed by atoms with Gasteiger partial charge in [0.15, 0.2) is 14.9 Å². The lowest BCUT2D eigenvalue weighted by Gasteiger charge is -2.32. The summed E-state index contributed by atoms with van der Waals surface area (Å²) in [6.45, 7) is 4.97. The third-order valence-corrected chi connectivity index (χ3v) is 6.13. The normalized spacial score (nSPS) is 20.1. The molecule has 22 heavy (non-hydrogen) atoms. The summed E-state index contributed by atoms with van der Waals surface area (Å²) in [5.41, 5.74) is 0.897. The molecule has 4 nitrogen and oxygen atoms in total. The summed E-state index contributed by atoms with van der Waals surface area (Å²) < 4.78 is 24.5. The highest BCUT2D eigenvalue weighted by atomic mass is 79.9. The van der Waals surface area contributed by atoms with E-state index < -0.39 is 9.84 Å². The van der Waals surface area contributed by atoms with E-state index in [2.05, 4.69) is 35.1 Å². The molecular formula is C15H21BrN2O2S2. The summed E-state index contributed by atoms with van der Waals surface area (Å²) in [6, 6.07) is 7.74. The maximum absolute atomic E-state index is 11.8. The molecule has 1 fully saturated rings. The fourth-order valence-electron chi connectivity index (χ4n) is 2.57. The molecule has 0 unspecified atom stereocenters. The van der Waals surface area contributed by atoms with Gasteiger partial charge in [-0.25, -0.2) is 8.42 Å². The molecule has 0 spiro atoms. The van der Waals surface area contributed by atoms with Crippen LogP contribution in [0.25, 0.3) is 0 Å². The van der Waals surface area contributed by atoms with E-state index in [0.29, 0.717) is 17.5 Å². The Morgan fingerprint density at radius 3 is 2.77 bits per heavy atom. The molecule has 1 atom stereocenters. The Labute approximate surface area is 146 Å². The molecule has 2 rings (SSSR count). The Kier molecular flexibility index (Phi) is 5.85. The Morgan fingerprint density at radius 2 is 2.23 bits per heavy atom. The number of halogens is 1. The second-order valence-corrected chi connectivity index (χ2v) is 9.57. The predicted octanol–water partition coefficient (Wildman–Crippen LogP) is 3.29. The van der Waals surface area contributed by atoms with Crippen molar-refractivity contribution < 1.29 is 8.42 Å². The molecule has 0 saturated carbocycles. The first-order valence-electron chi connectivity index (χ1n) is 7.30. The van der Waals surface area contributed by atoms with E-state index in [9.17, 15) is 8.42 Å². The highest BCUT2D eigenvalue weighted by molar-refractivity contribution is 9.10. The van der Waals surface area contributed by atoms with Crippen molar-refractivity contribution in [2.75, 3.05) is 23.4 Å². The molecule has 1 aliphatic heterocycles. The van der Waals surface area contributed by atoms with Gasteiger partial charge >= 0.3 is 0 Å². The molecule has 0 aliphatic carbocycles. The topological polar surface area (TPSA) is 49.4 Å². The molecule has 0 amide bonds. The van der Waals surface area contributed by atoms with Crippen molar-refractivity contribution in [3.8, 4) is 0 Å². The first kappa shape index (κ1) is 17.7. The van der Waals surface area contributed by atoms with Gasteiger partial charge in [0.05, 0.1) is 11.5 Å². The summed E-state index contributed by atoms with van der Waals surface area (Å²) in [5, 5.41) is 3.82. The summed E-state index contributed by atoms with van der Waals surface area (Å²) in [4.78, 5) is 2.03. The Balaban J connectivity index is 2.13. The summed E-state index contributed by atoms with van der Waals surface area (Å²) in [6.07, 6.45) is 0.648. The van der Waals surface area contributed by atoms with Gasteiger partial charge in [0.25, 0.3) is 0 Å². The van der Waals surface area contributed by atoms with Gasteiger partial charge in [-0.3, -0.25) is 0 Å². The molecule has 1 heterocycles. The van der Waals surface area contributed by atoms with Crippen molar-refractivity contribution in [2.45, 2.75) is 26.3 Å². The fraction of sp³-hybridized carbons (Fsp3) is 0.533. The zero-order valence-corrected chi connectivity index (χ0v) is 16.0. The van der Waals surface area contributed by atoms with Crippen LogP contribution in [0.2, 0.25) is 0 Å². The van der Waals surface area contributed by atoms with E-state index in [1.165, 1.54) is 0 Å². The van der Waals surface area contributed by atoms with Crippen molar-refractivity contribution in [2.24, 2.45) is 5.92 Å². The minimum atomic E-state index is -2.93. The number of hydrogen-bond acceptors (Lipinski definition) is 3. The molecule has 1 aromatic carbocycles. The van der Waals surface area contributed by atoms with Crippen LogP contribution in [-0.4, -0.2) is 42.5 Å². The van der Waals surface area contributed by atoms with E-state index in [4.69, 9.17) is 12.2 Å². The molecule has 1 aromatic rings. The quantitative estimate of drug-likeness (QED) is 0.780. The van der Waals surface area contributed by atoms with E-state index >= 15 is 0 Å². The predicted molar refractivity (Wildman–Crippen MR) is 99.0 cm³/mol. The lowest BCUT2D eigenvalue weighted by Crippen LogP contribution is -2.45. The van der Waals surface area contributed by atoms with Crippen molar-refractivity contribution in [1.29, 1.82) is 0 Å². The van der Waals surface area contributed by atoms with Crippen molar-refractivity contribution in [3.63, 3.8) is 0 Å². The fourth-order valence-corrected chi connectivity index (χ4v) is 5.05. The van der Waals surface area contributed by atoms with Gasteiger partial charge in [0.1, 0.15) is 0 Å². The van der Waals surface area contributed by atoms with Gasteiger partial charge < -0.3 is 10.2 Å². The lowest BCUT2D eigenvalue weighted by atomic mass is 10.1. The van der Waals surface area contributed by atoms with Crippen LogP contribution in [-0.2, 0) is 9.84 Å². The van der Waals surface area contributed by atoms with Gasteiger partial charge in [-0.1, -0.05) is 35.8 Å². The van der Waals surface area contributed by atoms with Gasteiger partial charge in [0, 0.05) is 22.7 Å². The minimum Gasteiger partial charge on any atom is -0.345 e. The molecule has 1 aliphatic rings. The highest BCUT2D eigenvalue weighted by Crippen LogP contribution is 2.21. The zero-order chi connectivity index (χ0) is 16.3. The summed E-state index contributed by atoms with van der Waals surface area (Å²) >= 11 is 8.97. The molecule has 0 bridgehead atoms. The maximum Gasteiger partial charge on any atom is 0.173 e. The zero-order valence-electron chi connectivity index (χ0n) is 12.8. The average Bonchev–Trinajstić information content (AvgIpc) is 2.76. The second-order valence-electron chi connectivity index (χ2n) is 6.04. The third-order valence-electron chi connectivity index (χ3n) is 3.55. The second kappa shape index (κ2) is 7.27. The van der Waals surface area contributed by atoms with Crippen LogP contribution < -0.4 is 5.32 Å². The largest absolute Gasteiger partial charge is 0.345 e. The van der Waals surface area contributed by atoms with Crippen LogP contribution in [0.5, 0.6) is 0 Å². The van der Waals surface area contributed by atoms with E-state index in [-0.39, 0.29) is 17.5 Å². The Morgan fingerprint density at radius 1 is 1.50 bits per heavy atom. The smallest absolute Gasteiger partial charge is 0.173 e. The SMILES string of the molecule is CC(C)CN(C(=S)Nc1cccc(Br)c1)[C@H]1CCS(=O)(=O)C1. The van der Waals surface area contributed by atoms with Gasteiger partial charge in [0.2, 0.25) is 0 Å². The van der Waals surface area contributed by atoms with E-state index in [0.717, 1.165) is 16.7 Å². The van der Waals surface area contributed by atoms with Crippen molar-refractivity contribution >= 4 is 48.8 Å². The number of hydrogen-bond donors (Lipinski definition) is 1. The van der Waals surface area contributed by atoms with E-state index in [1.807, 2.05) is 29.2 Å². The van der Waals surface area contributed by atoms with Gasteiger partial charge in [-0.05, 0) is 42.8 Å². The summed E-state index contributed by atoms with van der Waals surface area (Å²) in [5.74, 6) is 0.858. The van der Waals surface area contributed by atoms with Crippen LogP contribution in [0.4, 0.5) is 5.69 Å². The first-order chi connectivity index (χ1) is 10.3. The third kappa shape index (κ3) is 4.93. The van der Waals surface area contributed by atoms with Gasteiger partial charge in [-0.15, -0.1) is 0 Å². The molecule has 1 saturated heterocycles. The molecular weight excluding hydrogens is 384 g/mol. The van der Waals surface area contributed by atoms with Crippen LogP contribution in [0.3, 0.4) is 0 Å². The first-order valence-corrected chi connectivity index (χ1v) is 10.3. The number of nitrogens with zero attached hydrogens (tertiary/aromatic N) is 1. The molecule has 0 radical (unpaired) electrons. The number of nitrogens with one attached hydrogen (secondary N) is 1. The van der Waals surface area contributed by atoms with Crippen molar-refractivity contribution in [3.05, 3.63) is 28.7 Å². The number of benzene rings is 1. The molecule has 1 N–H and O–H groups in total. The number of sulfone groups is 1. The Hall–Kier alpha value is -0.660. The Bertz CT molecular complexity index is 647. The van der Waals surface area contributed by atoms with Crippen LogP contribution in [0.15, 0.2) is 28.7 Å². The van der Waals surface area contributed by atoms with Gasteiger partial charge in [-0.2, -0.15) is 0 Å². The highest BCUT2D eigenvalue weighted by Gasteiger charge is 2.33. The van der Waals surface area contributed by atoms with Crippen LogP contribution in [0.1, 0.15) is 20.3 Å². The van der Waals surface area contributed by atoms with Crippen molar-refractivity contribution in [1.82, 2.24) is 4.90 Å². The molecule has 0 aromatic heterocycles. The average molecular weight is 405 g/mol. The standard InChI is InChI=1S/C15H21BrN2O2S2/c1-11(2)9-18(14-6-7-22(19,20)10-14)15(21)17-13-5-3-4-12(16)8-13/h3-5,8,11,14H,6-7,9-10H2,1-2H3,(H,17,21)/t14-/m0/s1. The summed E-state index contributed by atoms with van der Waals surface area (Å²) in [7, 11) is -2.93. The van der Waals surface area contributed by atoms with Crippen LogP contribution in [0, 0.1) is 5.92 Å². The van der Waals surface area contributed by atoms with E-state index in [1.54, 1.807) is 0 Å². The number of thiocarbonyl (C=S) groups is 1. The lowest BCUT2D eigenvalue weighted by molar-refractivity contribution is 0.303. The van der Waals surface area contributed by atoms with Crippen LogP contribution >= 0.6 is 28.1 Å². The number of anilines is 1. The maximum atomic E-state index is 11.8.